The Morgan fingerprint density at radius 3 is 2.80 bits per heavy atom. The molecule has 10 nitrogen and oxygen atoms in total. The summed E-state index contributed by atoms with van der Waals surface area (Å²) in [6.07, 6.45) is -0.320. The molecule has 11 heteroatoms. The second-order valence-corrected chi connectivity index (χ2v) is 6.98. The van der Waals surface area contributed by atoms with Crippen molar-refractivity contribution in [1.82, 2.24) is 15.1 Å². The number of thioether (sulfide) groups is 1. The number of aliphatic hydroxyl groups is 1. The van der Waals surface area contributed by atoms with Gasteiger partial charge in [0.2, 0.25) is 6.41 Å². The summed E-state index contributed by atoms with van der Waals surface area (Å²) in [5, 5.41) is 20.8. The highest BCUT2D eigenvalue weighted by Gasteiger charge is 2.53. The second-order valence-electron chi connectivity index (χ2n) is 5.87. The van der Waals surface area contributed by atoms with Gasteiger partial charge in [-0.25, -0.2) is 9.59 Å². The number of β-amino-alcohol motifs (C(OH)–C–C–N with tert-alkyl or cyclic N) is 1. The first-order valence-corrected chi connectivity index (χ1v) is 8.68. The van der Waals surface area contributed by atoms with Gasteiger partial charge < -0.3 is 25.2 Å². The van der Waals surface area contributed by atoms with E-state index in [1.165, 1.54) is 16.7 Å². The number of aliphatic carboxylic acids is 1. The first-order chi connectivity index (χ1) is 11.9. The minimum absolute atomic E-state index is 0.185. The van der Waals surface area contributed by atoms with Crippen LogP contribution in [-0.2, 0) is 19.1 Å². The van der Waals surface area contributed by atoms with Crippen LogP contribution < -0.4 is 5.32 Å². The smallest absolute Gasteiger partial charge is 0.410 e. The summed E-state index contributed by atoms with van der Waals surface area (Å²) in [7, 11) is 0. The summed E-state index contributed by atoms with van der Waals surface area (Å²) >= 11 is 1.30. The molecule has 0 spiro atoms. The molecule has 3 atom stereocenters. The monoisotopic (exact) mass is 371 g/mol. The van der Waals surface area contributed by atoms with Crippen LogP contribution in [0, 0.1) is 0 Å². The SMILES string of the molecule is O=CNC1C(=O)N2C(C(=O)O)=C(COC(=O)N3CCC(O)C3)CS[C@@H]12. The number of carboxylic acids is 1. The van der Waals surface area contributed by atoms with Crippen molar-refractivity contribution in [1.29, 1.82) is 0 Å². The highest BCUT2D eigenvalue weighted by atomic mass is 32.2. The fourth-order valence-corrected chi connectivity index (χ4v) is 4.37. The number of carboxylic acid groups (broad SMARTS) is 1. The van der Waals surface area contributed by atoms with Gasteiger partial charge in [0.05, 0.1) is 6.10 Å². The third-order valence-corrected chi connectivity index (χ3v) is 5.63. The van der Waals surface area contributed by atoms with Crippen LogP contribution >= 0.6 is 11.8 Å². The van der Waals surface area contributed by atoms with Gasteiger partial charge in [0.1, 0.15) is 23.7 Å². The first kappa shape index (κ1) is 17.5. The van der Waals surface area contributed by atoms with E-state index in [1.807, 2.05) is 0 Å². The maximum Gasteiger partial charge on any atom is 0.410 e. The van der Waals surface area contributed by atoms with Crippen molar-refractivity contribution in [3.05, 3.63) is 11.3 Å². The van der Waals surface area contributed by atoms with Gasteiger partial charge in [-0.2, -0.15) is 0 Å². The van der Waals surface area contributed by atoms with Crippen molar-refractivity contribution in [2.24, 2.45) is 0 Å². The molecular formula is C14H17N3O7S. The van der Waals surface area contributed by atoms with Crippen molar-refractivity contribution in [2.75, 3.05) is 25.4 Å². The Balaban J connectivity index is 1.69. The molecule has 0 aromatic heterocycles. The average Bonchev–Trinajstić information content (AvgIpc) is 3.02. The van der Waals surface area contributed by atoms with Crippen molar-refractivity contribution < 1.29 is 34.1 Å². The predicted octanol–water partition coefficient (Wildman–Crippen LogP) is -1.44. The molecule has 3 rings (SSSR count). The molecule has 2 saturated heterocycles. The van der Waals surface area contributed by atoms with Gasteiger partial charge in [0.25, 0.3) is 5.91 Å². The van der Waals surface area contributed by atoms with E-state index in [0.717, 1.165) is 4.90 Å². The van der Waals surface area contributed by atoms with E-state index < -0.39 is 35.5 Å². The summed E-state index contributed by atoms with van der Waals surface area (Å²) in [6.45, 7) is 0.317. The van der Waals surface area contributed by atoms with Crippen molar-refractivity contribution in [2.45, 2.75) is 23.9 Å². The first-order valence-electron chi connectivity index (χ1n) is 7.63. The van der Waals surface area contributed by atoms with Crippen LogP contribution in [0.4, 0.5) is 4.79 Å². The molecule has 0 aromatic rings. The van der Waals surface area contributed by atoms with Crippen LogP contribution in [0.25, 0.3) is 0 Å². The third kappa shape index (κ3) is 3.16. The molecule has 0 aliphatic carbocycles. The zero-order valence-corrected chi connectivity index (χ0v) is 13.9. The number of amides is 3. The second kappa shape index (κ2) is 6.92. The summed E-state index contributed by atoms with van der Waals surface area (Å²) in [4.78, 5) is 48.6. The van der Waals surface area contributed by atoms with Crippen LogP contribution in [0.1, 0.15) is 6.42 Å². The van der Waals surface area contributed by atoms with E-state index in [9.17, 15) is 29.4 Å². The number of aliphatic hydroxyl groups excluding tert-OH is 1. The maximum absolute atomic E-state index is 12.1. The fourth-order valence-electron chi connectivity index (χ4n) is 3.04. The maximum atomic E-state index is 12.1. The number of fused-ring (bicyclic) bond motifs is 1. The Morgan fingerprint density at radius 2 is 2.20 bits per heavy atom. The van der Waals surface area contributed by atoms with Gasteiger partial charge in [0, 0.05) is 24.4 Å². The van der Waals surface area contributed by atoms with Crippen LogP contribution in [0.5, 0.6) is 0 Å². The Bertz CT molecular complexity index is 652. The Kier molecular flexibility index (Phi) is 4.86. The van der Waals surface area contributed by atoms with Crippen LogP contribution in [0.15, 0.2) is 11.3 Å². The van der Waals surface area contributed by atoms with Gasteiger partial charge in [-0.15, -0.1) is 11.8 Å². The highest BCUT2D eigenvalue weighted by Crippen LogP contribution is 2.40. The van der Waals surface area contributed by atoms with E-state index in [4.69, 9.17) is 4.74 Å². The molecule has 0 bridgehead atoms. The lowest BCUT2D eigenvalue weighted by Gasteiger charge is -2.49. The molecule has 3 aliphatic heterocycles. The lowest BCUT2D eigenvalue weighted by atomic mass is 10.0. The number of carbonyl (C=O) groups is 4. The van der Waals surface area contributed by atoms with Gasteiger partial charge in [-0.1, -0.05) is 0 Å². The van der Waals surface area contributed by atoms with Gasteiger partial charge in [-0.05, 0) is 6.42 Å². The van der Waals surface area contributed by atoms with Crippen molar-refractivity contribution in [3.63, 3.8) is 0 Å². The van der Waals surface area contributed by atoms with E-state index in [2.05, 4.69) is 5.32 Å². The minimum Gasteiger partial charge on any atom is -0.477 e. The Morgan fingerprint density at radius 1 is 1.44 bits per heavy atom. The van der Waals surface area contributed by atoms with Crippen LogP contribution in [-0.4, -0.2) is 87.4 Å². The van der Waals surface area contributed by atoms with Crippen molar-refractivity contribution >= 4 is 36.1 Å². The van der Waals surface area contributed by atoms with E-state index in [0.29, 0.717) is 24.9 Å². The number of nitrogens with zero attached hydrogens (tertiary/aromatic N) is 2. The summed E-state index contributed by atoms with van der Waals surface area (Å²) in [6, 6.07) is -0.743. The largest absolute Gasteiger partial charge is 0.477 e. The van der Waals surface area contributed by atoms with Gasteiger partial charge in [-0.3, -0.25) is 14.5 Å². The molecule has 0 saturated carbocycles. The Labute approximate surface area is 146 Å². The molecule has 3 aliphatic rings. The molecular weight excluding hydrogens is 354 g/mol. The topological polar surface area (TPSA) is 136 Å². The summed E-state index contributed by atoms with van der Waals surface area (Å²) in [5.41, 5.74) is 0.117. The van der Waals surface area contributed by atoms with E-state index in [-0.39, 0.29) is 24.6 Å². The summed E-state index contributed by atoms with van der Waals surface area (Å²) in [5.74, 6) is -1.53. The third-order valence-electron chi connectivity index (χ3n) is 4.29. The molecule has 3 heterocycles. The van der Waals surface area contributed by atoms with Gasteiger partial charge in [0.15, 0.2) is 0 Å². The number of carbonyl (C=O) groups excluding carboxylic acids is 3. The van der Waals surface area contributed by atoms with Crippen molar-refractivity contribution in [3.8, 4) is 0 Å². The molecule has 2 unspecified atom stereocenters. The minimum atomic E-state index is -1.29. The lowest BCUT2D eigenvalue weighted by molar-refractivity contribution is -0.149. The quantitative estimate of drug-likeness (QED) is 0.395. The van der Waals surface area contributed by atoms with E-state index >= 15 is 0 Å². The fraction of sp³-hybridized carbons (Fsp3) is 0.571. The van der Waals surface area contributed by atoms with E-state index in [1.54, 1.807) is 0 Å². The predicted molar refractivity (Wildman–Crippen MR) is 84.3 cm³/mol. The lowest BCUT2D eigenvalue weighted by Crippen LogP contribution is -2.69. The molecule has 136 valence electrons. The Hall–Kier alpha value is -2.27. The number of nitrogens with one attached hydrogen (secondary N) is 1. The number of likely N-dealkylation sites (tertiary alicyclic amines) is 1. The molecule has 0 aromatic carbocycles. The van der Waals surface area contributed by atoms with Crippen LogP contribution in [0.2, 0.25) is 0 Å². The molecule has 2 fully saturated rings. The molecule has 0 radical (unpaired) electrons. The zero-order valence-electron chi connectivity index (χ0n) is 13.1. The summed E-state index contributed by atoms with van der Waals surface area (Å²) < 4.78 is 5.14. The normalized spacial score (nSPS) is 28.4. The number of rotatable bonds is 5. The number of ether oxygens (including phenoxy) is 1. The highest BCUT2D eigenvalue weighted by molar-refractivity contribution is 8.00. The average molecular weight is 371 g/mol. The standard InChI is InChI=1S/C14H17N3O7S/c18-6-15-9-11(20)17-10(13(21)22)7(5-25-12(9)17)4-24-14(23)16-2-1-8(19)3-16/h6,8-9,12,19H,1-5H2,(H,15,18)(H,21,22)/t8?,9?,12-/m0/s1. The van der Waals surface area contributed by atoms with Crippen LogP contribution in [0.3, 0.4) is 0 Å². The molecule has 25 heavy (non-hydrogen) atoms. The number of hydrogen-bond acceptors (Lipinski definition) is 7. The molecule has 3 N–H and O–H groups in total. The number of β-lactam (4-membered cyclic amide) rings is 1. The zero-order chi connectivity index (χ0) is 18.1. The molecule has 3 amide bonds. The number of hydrogen-bond donors (Lipinski definition) is 3. The van der Waals surface area contributed by atoms with Gasteiger partial charge >= 0.3 is 12.1 Å².